The smallest absolute Gasteiger partial charge is 0.256 e. The molecule has 2 amide bonds. The number of piperidine rings is 1. The molecule has 27 heavy (non-hydrogen) atoms. The van der Waals surface area contributed by atoms with Crippen LogP contribution in [0.1, 0.15) is 41.6 Å². The highest BCUT2D eigenvalue weighted by molar-refractivity contribution is 5.94. The van der Waals surface area contributed by atoms with E-state index in [0.29, 0.717) is 25.9 Å². The van der Waals surface area contributed by atoms with Crippen molar-refractivity contribution in [2.45, 2.75) is 37.1 Å². The molecule has 0 spiro atoms. The summed E-state index contributed by atoms with van der Waals surface area (Å²) >= 11 is 0. The Morgan fingerprint density at radius 2 is 1.59 bits per heavy atom. The Morgan fingerprint density at radius 1 is 0.963 bits per heavy atom. The number of nitrogens with one attached hydrogen (secondary N) is 1. The number of benzene rings is 2. The minimum atomic E-state index is -0.489. The second-order valence-corrected chi connectivity index (χ2v) is 7.47. The summed E-state index contributed by atoms with van der Waals surface area (Å²) in [7, 11) is 0. The van der Waals surface area contributed by atoms with Gasteiger partial charge in [-0.05, 0) is 43.4 Å². The maximum atomic E-state index is 13.8. The number of likely N-dealkylation sites (tertiary alicyclic amines) is 1. The normalized spacial score (nSPS) is 18.8. The summed E-state index contributed by atoms with van der Waals surface area (Å²) in [6.45, 7) is 1.05. The van der Waals surface area contributed by atoms with Gasteiger partial charge in [-0.25, -0.2) is 4.39 Å². The van der Waals surface area contributed by atoms with Crippen molar-refractivity contribution in [1.82, 2.24) is 10.2 Å². The first kappa shape index (κ1) is 17.7. The average Bonchev–Trinajstić information content (AvgIpc) is 3.51. The van der Waals surface area contributed by atoms with Gasteiger partial charge in [0.15, 0.2) is 0 Å². The highest BCUT2D eigenvalue weighted by Gasteiger charge is 2.51. The van der Waals surface area contributed by atoms with Crippen LogP contribution in [0.5, 0.6) is 0 Å². The molecule has 4 nitrogen and oxygen atoms in total. The third-order valence-corrected chi connectivity index (χ3v) is 5.73. The van der Waals surface area contributed by atoms with E-state index in [4.69, 9.17) is 0 Å². The van der Waals surface area contributed by atoms with E-state index in [9.17, 15) is 14.0 Å². The lowest BCUT2D eigenvalue weighted by Crippen LogP contribution is -2.49. The van der Waals surface area contributed by atoms with Crippen LogP contribution in [0.15, 0.2) is 54.6 Å². The second kappa shape index (κ2) is 7.14. The standard InChI is InChI=1S/C22H23FN2O2/c23-19-9-5-4-8-18(19)20(26)25-14-10-17(11-15-25)24-21(27)22(12-13-22)16-6-2-1-3-7-16/h1-9,17H,10-15H2,(H,24,27). The Morgan fingerprint density at radius 3 is 2.22 bits per heavy atom. The van der Waals surface area contributed by atoms with Gasteiger partial charge in [0.1, 0.15) is 5.82 Å². The van der Waals surface area contributed by atoms with E-state index in [1.165, 1.54) is 12.1 Å². The zero-order chi connectivity index (χ0) is 18.9. The Bertz CT molecular complexity index is 840. The number of carbonyl (C=O) groups excluding carboxylic acids is 2. The van der Waals surface area contributed by atoms with Crippen LogP contribution in [0.3, 0.4) is 0 Å². The van der Waals surface area contributed by atoms with Gasteiger partial charge in [0.25, 0.3) is 5.91 Å². The van der Waals surface area contributed by atoms with E-state index in [0.717, 1.165) is 18.4 Å². The van der Waals surface area contributed by atoms with Gasteiger partial charge in [-0.2, -0.15) is 0 Å². The van der Waals surface area contributed by atoms with Gasteiger partial charge in [0.05, 0.1) is 11.0 Å². The number of hydrogen-bond donors (Lipinski definition) is 1. The molecule has 1 saturated heterocycles. The first-order valence-corrected chi connectivity index (χ1v) is 9.50. The number of nitrogens with zero attached hydrogens (tertiary/aromatic N) is 1. The monoisotopic (exact) mass is 366 g/mol. The van der Waals surface area contributed by atoms with Crippen LogP contribution >= 0.6 is 0 Å². The molecule has 4 rings (SSSR count). The molecule has 1 aliphatic carbocycles. The van der Waals surface area contributed by atoms with Gasteiger partial charge in [0.2, 0.25) is 5.91 Å². The van der Waals surface area contributed by atoms with Crippen molar-refractivity contribution < 1.29 is 14.0 Å². The maximum absolute atomic E-state index is 13.8. The minimum absolute atomic E-state index is 0.0587. The van der Waals surface area contributed by atoms with Gasteiger partial charge in [-0.3, -0.25) is 9.59 Å². The Labute approximate surface area is 158 Å². The molecule has 2 aliphatic rings. The molecule has 2 aromatic carbocycles. The summed E-state index contributed by atoms with van der Waals surface area (Å²) in [5, 5.41) is 3.18. The molecule has 2 aromatic rings. The summed E-state index contributed by atoms with van der Waals surface area (Å²) in [4.78, 5) is 27.0. The first-order chi connectivity index (χ1) is 13.1. The predicted octanol–water partition coefficient (Wildman–Crippen LogP) is 3.28. The number of carbonyl (C=O) groups is 2. The molecule has 1 N–H and O–H groups in total. The zero-order valence-electron chi connectivity index (χ0n) is 15.2. The molecule has 0 atom stereocenters. The number of hydrogen-bond acceptors (Lipinski definition) is 2. The van der Waals surface area contributed by atoms with Crippen LogP contribution in [0.4, 0.5) is 4.39 Å². The third kappa shape index (κ3) is 3.46. The predicted molar refractivity (Wildman–Crippen MR) is 101 cm³/mol. The van der Waals surface area contributed by atoms with Gasteiger partial charge >= 0.3 is 0 Å². The van der Waals surface area contributed by atoms with Crippen molar-refractivity contribution in [2.24, 2.45) is 0 Å². The quantitative estimate of drug-likeness (QED) is 0.903. The fraction of sp³-hybridized carbons (Fsp3) is 0.364. The average molecular weight is 366 g/mol. The number of rotatable bonds is 4. The van der Waals surface area contributed by atoms with Crippen LogP contribution in [0, 0.1) is 5.82 Å². The highest BCUT2D eigenvalue weighted by Crippen LogP contribution is 2.48. The van der Waals surface area contributed by atoms with Gasteiger partial charge in [-0.1, -0.05) is 42.5 Å². The lowest BCUT2D eigenvalue weighted by Gasteiger charge is -2.33. The molecule has 1 saturated carbocycles. The Hall–Kier alpha value is -2.69. The van der Waals surface area contributed by atoms with E-state index in [1.54, 1.807) is 17.0 Å². The molecule has 1 heterocycles. The summed E-state index contributed by atoms with van der Waals surface area (Å²) in [5.41, 5.74) is 0.817. The summed E-state index contributed by atoms with van der Waals surface area (Å²) < 4.78 is 13.8. The summed E-state index contributed by atoms with van der Waals surface area (Å²) in [5.74, 6) is -0.676. The van der Waals surface area contributed by atoms with Crippen molar-refractivity contribution in [3.05, 3.63) is 71.5 Å². The molecule has 0 bridgehead atoms. The number of amides is 2. The molecule has 2 fully saturated rings. The molecule has 140 valence electrons. The fourth-order valence-electron chi connectivity index (χ4n) is 3.88. The highest BCUT2D eigenvalue weighted by atomic mass is 19.1. The van der Waals surface area contributed by atoms with Crippen LogP contribution < -0.4 is 5.32 Å². The number of halogens is 1. The van der Waals surface area contributed by atoms with Crippen molar-refractivity contribution in [3.63, 3.8) is 0 Å². The second-order valence-electron chi connectivity index (χ2n) is 7.47. The fourth-order valence-corrected chi connectivity index (χ4v) is 3.88. The van der Waals surface area contributed by atoms with E-state index in [-0.39, 0.29) is 28.8 Å². The Balaban J connectivity index is 1.34. The van der Waals surface area contributed by atoms with E-state index < -0.39 is 5.82 Å². The van der Waals surface area contributed by atoms with E-state index in [1.807, 2.05) is 30.3 Å². The molecular weight excluding hydrogens is 343 g/mol. The van der Waals surface area contributed by atoms with Crippen molar-refractivity contribution in [2.75, 3.05) is 13.1 Å². The van der Waals surface area contributed by atoms with Crippen LogP contribution in [0.2, 0.25) is 0 Å². The molecule has 0 radical (unpaired) electrons. The summed E-state index contributed by atoms with van der Waals surface area (Å²) in [6, 6.07) is 16.1. The van der Waals surface area contributed by atoms with Crippen molar-refractivity contribution in [3.8, 4) is 0 Å². The lowest BCUT2D eigenvalue weighted by molar-refractivity contribution is -0.124. The van der Waals surface area contributed by atoms with Crippen LogP contribution in [-0.4, -0.2) is 35.8 Å². The van der Waals surface area contributed by atoms with Crippen molar-refractivity contribution in [1.29, 1.82) is 0 Å². The minimum Gasteiger partial charge on any atom is -0.352 e. The van der Waals surface area contributed by atoms with Gasteiger partial charge in [0, 0.05) is 19.1 Å². The lowest BCUT2D eigenvalue weighted by atomic mass is 9.94. The SMILES string of the molecule is O=C(c1ccccc1F)N1CCC(NC(=O)C2(c3ccccc3)CC2)CC1. The topological polar surface area (TPSA) is 49.4 Å². The van der Waals surface area contributed by atoms with Crippen LogP contribution in [0.25, 0.3) is 0 Å². The third-order valence-electron chi connectivity index (χ3n) is 5.73. The largest absolute Gasteiger partial charge is 0.352 e. The Kier molecular flexibility index (Phi) is 4.68. The van der Waals surface area contributed by atoms with Gasteiger partial charge in [-0.15, -0.1) is 0 Å². The van der Waals surface area contributed by atoms with Crippen molar-refractivity contribution >= 4 is 11.8 Å². The summed E-state index contributed by atoms with van der Waals surface area (Å²) in [6.07, 6.45) is 3.15. The molecular formula is C22H23FN2O2. The molecule has 0 aromatic heterocycles. The molecule has 5 heteroatoms. The van der Waals surface area contributed by atoms with Crippen LogP contribution in [-0.2, 0) is 10.2 Å². The zero-order valence-corrected chi connectivity index (χ0v) is 15.2. The van der Waals surface area contributed by atoms with E-state index in [2.05, 4.69) is 5.32 Å². The molecule has 1 aliphatic heterocycles. The van der Waals surface area contributed by atoms with Gasteiger partial charge < -0.3 is 10.2 Å². The molecule has 0 unspecified atom stereocenters. The first-order valence-electron chi connectivity index (χ1n) is 9.50. The maximum Gasteiger partial charge on any atom is 0.256 e. The van der Waals surface area contributed by atoms with E-state index >= 15 is 0 Å².